The number of methoxy groups -OCH3 is 2. The molecule has 17 heavy (non-hydrogen) atoms. The number of rotatable bonds is 5. The summed E-state index contributed by atoms with van der Waals surface area (Å²) in [7, 11) is 3.15. The molecule has 1 aromatic rings. The molecular weight excluding hydrogens is 220 g/mol. The molecule has 0 aliphatic heterocycles. The van der Waals surface area contributed by atoms with E-state index >= 15 is 0 Å². The Kier molecular flexibility index (Phi) is 2.96. The zero-order valence-electron chi connectivity index (χ0n) is 10.0. The Morgan fingerprint density at radius 1 is 1.35 bits per heavy atom. The van der Waals surface area contributed by atoms with Gasteiger partial charge in [-0.15, -0.1) is 0 Å². The number of carboxylic acids is 1. The minimum absolute atomic E-state index is 0.503. The van der Waals surface area contributed by atoms with E-state index in [1.165, 1.54) is 0 Å². The lowest BCUT2D eigenvalue weighted by molar-refractivity contribution is -0.143. The van der Waals surface area contributed by atoms with E-state index in [0.717, 1.165) is 18.4 Å². The largest absolute Gasteiger partial charge is 0.493 e. The van der Waals surface area contributed by atoms with Crippen molar-refractivity contribution in [3.8, 4) is 11.5 Å². The average molecular weight is 236 g/mol. The van der Waals surface area contributed by atoms with E-state index in [2.05, 4.69) is 0 Å². The van der Waals surface area contributed by atoms with E-state index in [-0.39, 0.29) is 0 Å². The van der Waals surface area contributed by atoms with Crippen LogP contribution in [0.3, 0.4) is 0 Å². The van der Waals surface area contributed by atoms with Gasteiger partial charge in [-0.3, -0.25) is 4.79 Å². The van der Waals surface area contributed by atoms with Gasteiger partial charge in [0, 0.05) is 0 Å². The van der Waals surface area contributed by atoms with Crippen molar-refractivity contribution in [2.24, 2.45) is 5.41 Å². The third-order valence-electron chi connectivity index (χ3n) is 3.32. The van der Waals surface area contributed by atoms with Gasteiger partial charge >= 0.3 is 5.97 Å². The molecule has 0 heterocycles. The lowest BCUT2D eigenvalue weighted by Gasteiger charge is -2.15. The highest BCUT2D eigenvalue weighted by atomic mass is 16.5. The van der Waals surface area contributed by atoms with Gasteiger partial charge in [-0.05, 0) is 30.9 Å². The van der Waals surface area contributed by atoms with Crippen molar-refractivity contribution in [2.45, 2.75) is 19.3 Å². The molecule has 0 bridgehead atoms. The van der Waals surface area contributed by atoms with E-state index in [1.807, 2.05) is 18.2 Å². The fourth-order valence-corrected chi connectivity index (χ4v) is 2.07. The smallest absolute Gasteiger partial charge is 0.309 e. The summed E-state index contributed by atoms with van der Waals surface area (Å²) in [5, 5.41) is 9.18. The molecule has 1 aromatic carbocycles. The number of aliphatic carboxylic acids is 1. The second-order valence-electron chi connectivity index (χ2n) is 4.41. The molecule has 0 amide bonds. The summed E-state index contributed by atoms with van der Waals surface area (Å²) < 4.78 is 10.5. The molecule has 1 aliphatic carbocycles. The Hall–Kier alpha value is -1.71. The normalized spacial score (nSPS) is 16.4. The van der Waals surface area contributed by atoms with Gasteiger partial charge in [0.05, 0.1) is 19.6 Å². The van der Waals surface area contributed by atoms with Gasteiger partial charge in [0.15, 0.2) is 11.5 Å². The van der Waals surface area contributed by atoms with Crippen LogP contribution >= 0.6 is 0 Å². The lowest BCUT2D eigenvalue weighted by atomic mass is 9.96. The number of ether oxygens (including phenoxy) is 2. The zero-order chi connectivity index (χ0) is 12.5. The molecule has 92 valence electrons. The van der Waals surface area contributed by atoms with E-state index in [9.17, 15) is 9.90 Å². The predicted molar refractivity (Wildman–Crippen MR) is 62.6 cm³/mol. The van der Waals surface area contributed by atoms with Crippen LogP contribution in [-0.2, 0) is 11.2 Å². The first-order chi connectivity index (χ1) is 8.13. The molecule has 2 rings (SSSR count). The minimum atomic E-state index is -0.720. The third kappa shape index (κ3) is 2.07. The monoisotopic (exact) mass is 236 g/mol. The first kappa shape index (κ1) is 11.8. The van der Waals surface area contributed by atoms with Gasteiger partial charge in [-0.2, -0.15) is 0 Å². The maximum atomic E-state index is 11.2. The van der Waals surface area contributed by atoms with Gasteiger partial charge in [0.25, 0.3) is 0 Å². The Labute approximate surface area is 100 Å². The van der Waals surface area contributed by atoms with Gasteiger partial charge in [0.2, 0.25) is 0 Å². The fraction of sp³-hybridized carbons (Fsp3) is 0.462. The molecule has 4 heteroatoms. The summed E-state index contributed by atoms with van der Waals surface area (Å²) in [6.07, 6.45) is 1.98. The molecule has 0 atom stereocenters. The molecule has 1 fully saturated rings. The highest BCUT2D eigenvalue weighted by molar-refractivity contribution is 5.78. The number of hydrogen-bond donors (Lipinski definition) is 1. The molecule has 0 aromatic heterocycles. The SMILES string of the molecule is COc1cccc(CC2(C(=O)O)CC2)c1OC. The van der Waals surface area contributed by atoms with Crippen LogP contribution in [0.5, 0.6) is 11.5 Å². The Morgan fingerprint density at radius 2 is 2.06 bits per heavy atom. The van der Waals surface area contributed by atoms with Crippen molar-refractivity contribution >= 4 is 5.97 Å². The summed E-state index contributed by atoms with van der Waals surface area (Å²) >= 11 is 0. The van der Waals surface area contributed by atoms with Crippen LogP contribution in [0.2, 0.25) is 0 Å². The standard InChI is InChI=1S/C13H16O4/c1-16-10-5-3-4-9(11(10)17-2)8-13(6-7-13)12(14)15/h3-5H,6-8H2,1-2H3,(H,14,15). The Balaban J connectivity index is 2.30. The van der Waals surface area contributed by atoms with Crippen molar-refractivity contribution in [1.82, 2.24) is 0 Å². The second-order valence-corrected chi connectivity index (χ2v) is 4.41. The van der Waals surface area contributed by atoms with Crippen molar-refractivity contribution < 1.29 is 19.4 Å². The summed E-state index contributed by atoms with van der Waals surface area (Å²) in [5.41, 5.74) is 0.311. The lowest BCUT2D eigenvalue weighted by Crippen LogP contribution is -2.18. The van der Waals surface area contributed by atoms with Gasteiger partial charge in [-0.25, -0.2) is 0 Å². The van der Waals surface area contributed by atoms with Crippen LogP contribution in [0.1, 0.15) is 18.4 Å². The maximum absolute atomic E-state index is 11.2. The van der Waals surface area contributed by atoms with Crippen LogP contribution in [0.4, 0.5) is 0 Å². The number of carboxylic acid groups (broad SMARTS) is 1. The molecular formula is C13H16O4. The molecule has 1 saturated carbocycles. The maximum Gasteiger partial charge on any atom is 0.309 e. The van der Waals surface area contributed by atoms with E-state index in [0.29, 0.717) is 17.9 Å². The summed E-state index contributed by atoms with van der Waals surface area (Å²) in [6, 6.07) is 5.56. The van der Waals surface area contributed by atoms with Crippen molar-refractivity contribution in [3.05, 3.63) is 23.8 Å². The van der Waals surface area contributed by atoms with Crippen LogP contribution in [0.25, 0.3) is 0 Å². The number of hydrogen-bond acceptors (Lipinski definition) is 3. The number of para-hydroxylation sites is 1. The first-order valence-corrected chi connectivity index (χ1v) is 5.56. The minimum Gasteiger partial charge on any atom is -0.493 e. The van der Waals surface area contributed by atoms with Gasteiger partial charge < -0.3 is 14.6 Å². The van der Waals surface area contributed by atoms with E-state index in [1.54, 1.807) is 14.2 Å². The topological polar surface area (TPSA) is 55.8 Å². The van der Waals surface area contributed by atoms with Gasteiger partial charge in [0.1, 0.15) is 0 Å². The van der Waals surface area contributed by atoms with Crippen molar-refractivity contribution in [2.75, 3.05) is 14.2 Å². The highest BCUT2D eigenvalue weighted by Crippen LogP contribution is 2.50. The summed E-state index contributed by atoms with van der Waals surface area (Å²) in [5.74, 6) is 0.566. The van der Waals surface area contributed by atoms with Crippen LogP contribution in [0.15, 0.2) is 18.2 Å². The van der Waals surface area contributed by atoms with E-state index < -0.39 is 11.4 Å². The molecule has 1 aliphatic rings. The van der Waals surface area contributed by atoms with E-state index in [4.69, 9.17) is 9.47 Å². The van der Waals surface area contributed by atoms with Crippen LogP contribution < -0.4 is 9.47 Å². The highest BCUT2D eigenvalue weighted by Gasteiger charge is 2.50. The molecule has 0 unspecified atom stereocenters. The fourth-order valence-electron chi connectivity index (χ4n) is 2.07. The molecule has 1 N–H and O–H groups in total. The number of carbonyl (C=O) groups is 1. The van der Waals surface area contributed by atoms with Crippen LogP contribution in [-0.4, -0.2) is 25.3 Å². The molecule has 0 saturated heterocycles. The molecule has 4 nitrogen and oxygen atoms in total. The zero-order valence-corrected chi connectivity index (χ0v) is 10.0. The van der Waals surface area contributed by atoms with Crippen molar-refractivity contribution in [1.29, 1.82) is 0 Å². The molecule has 0 spiro atoms. The predicted octanol–water partition coefficient (Wildman–Crippen LogP) is 2.11. The summed E-state index contributed by atoms with van der Waals surface area (Å²) in [6.45, 7) is 0. The van der Waals surface area contributed by atoms with Gasteiger partial charge in [-0.1, -0.05) is 12.1 Å². The second kappa shape index (κ2) is 4.28. The Bertz CT molecular complexity index is 435. The quantitative estimate of drug-likeness (QED) is 0.850. The first-order valence-electron chi connectivity index (χ1n) is 5.56. The summed E-state index contributed by atoms with van der Waals surface area (Å²) in [4.78, 5) is 11.2. The Morgan fingerprint density at radius 3 is 2.53 bits per heavy atom. The van der Waals surface area contributed by atoms with Crippen LogP contribution in [0, 0.1) is 5.41 Å². The molecule has 0 radical (unpaired) electrons. The average Bonchev–Trinajstić information content (AvgIpc) is 3.09. The van der Waals surface area contributed by atoms with Crippen molar-refractivity contribution in [3.63, 3.8) is 0 Å². The third-order valence-corrected chi connectivity index (χ3v) is 3.32. The number of benzene rings is 1.